The van der Waals surface area contributed by atoms with Crippen molar-refractivity contribution >= 4 is 34.2 Å². The monoisotopic (exact) mass is 458 g/mol. The molecule has 11 heteroatoms. The van der Waals surface area contributed by atoms with E-state index in [4.69, 9.17) is 14.2 Å². The number of ether oxygens (including phenoxy) is 3. The highest BCUT2D eigenvalue weighted by Crippen LogP contribution is 2.34. The predicted molar refractivity (Wildman–Crippen MR) is 104 cm³/mol. The van der Waals surface area contributed by atoms with Crippen molar-refractivity contribution in [2.24, 2.45) is 0 Å². The minimum atomic E-state index is -0.641. The van der Waals surface area contributed by atoms with Gasteiger partial charge in [-0.3, -0.25) is 4.79 Å². The second kappa shape index (κ2) is 12.1. The molecule has 2 aromatic heterocycles. The van der Waals surface area contributed by atoms with E-state index >= 15 is 0 Å². The molecule has 0 unspecified atom stereocenters. The summed E-state index contributed by atoms with van der Waals surface area (Å²) in [6, 6.07) is 3.08. The van der Waals surface area contributed by atoms with E-state index in [-0.39, 0.29) is 60.0 Å². The van der Waals surface area contributed by atoms with Gasteiger partial charge in [0.2, 0.25) is 12.7 Å². The number of hydrogen-bond acceptors (Lipinski definition) is 8. The Labute approximate surface area is 184 Å². The van der Waals surface area contributed by atoms with Gasteiger partial charge in [-0.15, -0.1) is 11.3 Å². The van der Waals surface area contributed by atoms with Gasteiger partial charge in [0.05, 0.1) is 18.8 Å². The molecule has 0 radical (unpaired) electrons. The van der Waals surface area contributed by atoms with Crippen molar-refractivity contribution in [1.29, 1.82) is 0 Å². The Kier molecular flexibility index (Phi) is 10.2. The Bertz CT molecular complexity index is 901. The predicted octanol–water partition coefficient (Wildman–Crippen LogP) is -1.33. The van der Waals surface area contributed by atoms with Crippen molar-refractivity contribution in [2.75, 3.05) is 32.2 Å². The van der Waals surface area contributed by atoms with Gasteiger partial charge in [-0.1, -0.05) is 0 Å². The van der Waals surface area contributed by atoms with Crippen LogP contribution in [0.3, 0.4) is 0 Å². The largest absolute Gasteiger partial charge is 1.00 e. The van der Waals surface area contributed by atoms with Gasteiger partial charge < -0.3 is 37.0 Å². The lowest BCUT2D eigenvalue weighted by Crippen LogP contribution is -3.00. The van der Waals surface area contributed by atoms with Crippen LogP contribution < -0.4 is 22.3 Å². The molecule has 2 aromatic rings. The van der Waals surface area contributed by atoms with Gasteiger partial charge in [0.1, 0.15) is 16.5 Å². The molecule has 2 N–H and O–H groups in total. The van der Waals surface area contributed by atoms with Crippen molar-refractivity contribution in [3.05, 3.63) is 40.5 Å². The summed E-state index contributed by atoms with van der Waals surface area (Å²) in [7, 11) is 1.49. The maximum atomic E-state index is 12.4. The molecule has 0 aliphatic rings. The van der Waals surface area contributed by atoms with Crippen LogP contribution in [0.25, 0.3) is 0 Å². The van der Waals surface area contributed by atoms with E-state index in [0.29, 0.717) is 5.56 Å². The van der Waals surface area contributed by atoms with E-state index in [1.807, 2.05) is 0 Å². The molecule has 0 bridgehead atoms. The Morgan fingerprint density at radius 1 is 1.20 bits per heavy atom. The lowest BCUT2D eigenvalue weighted by atomic mass is 10.1. The van der Waals surface area contributed by atoms with E-state index in [9.17, 15) is 19.5 Å². The fourth-order valence-corrected chi connectivity index (χ4v) is 3.57. The van der Waals surface area contributed by atoms with E-state index in [1.165, 1.54) is 23.9 Å². The van der Waals surface area contributed by atoms with Gasteiger partial charge >= 0.3 is 11.9 Å². The number of amides is 1. The van der Waals surface area contributed by atoms with E-state index in [1.54, 1.807) is 26.1 Å². The number of nitrogens with zero attached hydrogens (tertiary/aromatic N) is 1. The smallest absolute Gasteiger partial charge is 0.348 e. The average Bonchev–Trinajstić information content (AvgIpc) is 2.98. The standard InChI is InChI=1S/C19H22N2O7S.ClH/c1-4-27-18(24)15-12(2)16(19(25)28-9-8-26-3)29-17(15)20-14(23)11-21-7-5-6-13(22)10-21;/h5-7,10H,4,8-9,11H2,1-3H3,(H-,20,22,23,24,25);1H. The lowest BCUT2D eigenvalue weighted by Gasteiger charge is -2.06. The molecule has 0 saturated carbocycles. The molecule has 0 atom stereocenters. The topological polar surface area (TPSA) is 115 Å². The SMILES string of the molecule is CCOC(=O)c1c(NC(=O)C[n+]2cccc(O)c2)sc(C(=O)OCCOC)c1C.[Cl-]. The molecule has 164 valence electrons. The Morgan fingerprint density at radius 3 is 2.57 bits per heavy atom. The number of halogens is 1. The van der Waals surface area contributed by atoms with E-state index < -0.39 is 17.8 Å². The molecular weight excluding hydrogens is 436 g/mol. The maximum absolute atomic E-state index is 12.4. The molecule has 0 spiro atoms. The van der Waals surface area contributed by atoms with Crippen molar-refractivity contribution < 1.29 is 50.7 Å². The summed E-state index contributed by atoms with van der Waals surface area (Å²) in [5.41, 5.74) is 0.487. The fraction of sp³-hybridized carbons (Fsp3) is 0.368. The van der Waals surface area contributed by atoms with Crippen LogP contribution in [-0.4, -0.2) is 49.9 Å². The molecule has 0 fully saturated rings. The van der Waals surface area contributed by atoms with Gasteiger partial charge in [-0.2, -0.15) is 4.57 Å². The summed E-state index contributed by atoms with van der Waals surface area (Å²) >= 11 is 0.942. The second-order valence-corrected chi connectivity index (χ2v) is 6.91. The number of thiophene rings is 1. The number of rotatable bonds is 9. The highest BCUT2D eigenvalue weighted by atomic mass is 35.5. The van der Waals surface area contributed by atoms with Crippen molar-refractivity contribution in [3.63, 3.8) is 0 Å². The number of aromatic nitrogens is 1. The number of carbonyl (C=O) groups excluding carboxylic acids is 3. The minimum Gasteiger partial charge on any atom is -1.00 e. The van der Waals surface area contributed by atoms with Crippen LogP contribution in [-0.2, 0) is 25.5 Å². The Hall–Kier alpha value is -2.69. The number of aromatic hydroxyl groups is 1. The summed E-state index contributed by atoms with van der Waals surface area (Å²) in [5.74, 6) is -1.68. The first kappa shape index (κ1) is 25.3. The Balaban J connectivity index is 0.00000450. The number of methoxy groups -OCH3 is 1. The summed E-state index contributed by atoms with van der Waals surface area (Å²) < 4.78 is 16.5. The third-order valence-electron chi connectivity index (χ3n) is 3.75. The number of anilines is 1. The highest BCUT2D eigenvalue weighted by Gasteiger charge is 2.28. The van der Waals surface area contributed by atoms with Crippen LogP contribution in [0.15, 0.2) is 24.5 Å². The normalized spacial score (nSPS) is 10.1. The van der Waals surface area contributed by atoms with Gasteiger partial charge in [-0.25, -0.2) is 9.59 Å². The summed E-state index contributed by atoms with van der Waals surface area (Å²) in [5, 5.41) is 12.4. The van der Waals surface area contributed by atoms with Gasteiger partial charge in [-0.05, 0) is 25.5 Å². The first-order valence-electron chi connectivity index (χ1n) is 8.81. The molecule has 0 aliphatic heterocycles. The summed E-state index contributed by atoms with van der Waals surface area (Å²) in [6.45, 7) is 3.62. The zero-order valence-electron chi connectivity index (χ0n) is 16.8. The first-order chi connectivity index (χ1) is 13.9. The highest BCUT2D eigenvalue weighted by molar-refractivity contribution is 7.18. The van der Waals surface area contributed by atoms with Crippen molar-refractivity contribution in [2.45, 2.75) is 20.4 Å². The minimum absolute atomic E-state index is 0. The third kappa shape index (κ3) is 6.68. The lowest BCUT2D eigenvalue weighted by molar-refractivity contribution is -0.684. The number of esters is 2. The van der Waals surface area contributed by atoms with Crippen molar-refractivity contribution in [1.82, 2.24) is 0 Å². The summed E-state index contributed by atoms with van der Waals surface area (Å²) in [6.07, 6.45) is 3.01. The molecular formula is C19H23ClN2O7S. The van der Waals surface area contributed by atoms with Crippen LogP contribution in [0.4, 0.5) is 5.00 Å². The van der Waals surface area contributed by atoms with Gasteiger partial charge in [0, 0.05) is 13.2 Å². The molecule has 2 rings (SSSR count). The molecule has 0 aromatic carbocycles. The van der Waals surface area contributed by atoms with E-state index in [2.05, 4.69) is 5.32 Å². The quantitative estimate of drug-likeness (QED) is 0.272. The van der Waals surface area contributed by atoms with Gasteiger partial charge in [0.25, 0.3) is 5.91 Å². The fourth-order valence-electron chi connectivity index (χ4n) is 2.47. The molecule has 0 aliphatic carbocycles. The average molecular weight is 459 g/mol. The van der Waals surface area contributed by atoms with Crippen molar-refractivity contribution in [3.8, 4) is 5.75 Å². The molecule has 30 heavy (non-hydrogen) atoms. The zero-order valence-corrected chi connectivity index (χ0v) is 18.3. The van der Waals surface area contributed by atoms with Gasteiger partial charge in [0.15, 0.2) is 11.9 Å². The van der Waals surface area contributed by atoms with Crippen LogP contribution in [0, 0.1) is 6.92 Å². The molecule has 1 amide bonds. The molecule has 0 saturated heterocycles. The van der Waals surface area contributed by atoms with Crippen LogP contribution in [0.5, 0.6) is 5.75 Å². The summed E-state index contributed by atoms with van der Waals surface area (Å²) in [4.78, 5) is 37.4. The Morgan fingerprint density at radius 2 is 1.93 bits per heavy atom. The van der Waals surface area contributed by atoms with E-state index in [0.717, 1.165) is 11.3 Å². The van der Waals surface area contributed by atoms with Crippen LogP contribution in [0.2, 0.25) is 0 Å². The third-order valence-corrected chi connectivity index (χ3v) is 4.94. The number of carbonyl (C=O) groups is 3. The van der Waals surface area contributed by atoms with Crippen LogP contribution >= 0.6 is 11.3 Å². The number of pyridine rings is 1. The molecule has 2 heterocycles. The first-order valence-corrected chi connectivity index (χ1v) is 9.63. The zero-order chi connectivity index (χ0) is 21.4. The van der Waals surface area contributed by atoms with Crippen LogP contribution in [0.1, 0.15) is 32.5 Å². The number of hydrogen-bond donors (Lipinski definition) is 2. The molecule has 9 nitrogen and oxygen atoms in total. The maximum Gasteiger partial charge on any atom is 0.348 e. The number of nitrogens with one attached hydrogen (secondary N) is 1. The second-order valence-electron chi connectivity index (χ2n) is 5.89.